The van der Waals surface area contributed by atoms with Crippen LogP contribution in [0.5, 0.6) is 0 Å². The summed E-state index contributed by atoms with van der Waals surface area (Å²) in [6.07, 6.45) is 0. The molecule has 0 fully saturated rings. The molecule has 0 bridgehead atoms. The predicted octanol–water partition coefficient (Wildman–Crippen LogP) is 4.56. The van der Waals surface area contributed by atoms with E-state index in [1.165, 1.54) is 34.8 Å². The monoisotopic (exact) mass is 426 g/mol. The smallest absolute Gasteiger partial charge is 0.338 e. The summed E-state index contributed by atoms with van der Waals surface area (Å²) in [6, 6.07) is 14.3. The molecule has 2 heterocycles. The zero-order valence-corrected chi connectivity index (χ0v) is 16.6. The van der Waals surface area contributed by atoms with Gasteiger partial charge in [-0.25, -0.2) is 14.2 Å². The zero-order valence-electron chi connectivity index (χ0n) is 15.0. The number of fused-ring (bicyclic) bond motifs is 1. The highest BCUT2D eigenvalue weighted by molar-refractivity contribution is 7.16. The van der Waals surface area contributed by atoms with Crippen LogP contribution in [0.15, 0.2) is 65.5 Å². The number of thiazole rings is 1. The van der Waals surface area contributed by atoms with Crippen LogP contribution < -0.4 is 5.32 Å². The molecule has 0 spiro atoms. The Morgan fingerprint density at radius 3 is 2.69 bits per heavy atom. The van der Waals surface area contributed by atoms with Gasteiger partial charge < -0.3 is 10.1 Å². The van der Waals surface area contributed by atoms with Crippen molar-refractivity contribution in [1.82, 2.24) is 10.3 Å². The van der Waals surface area contributed by atoms with Crippen molar-refractivity contribution in [3.8, 4) is 0 Å². The highest BCUT2D eigenvalue weighted by atomic mass is 32.1. The summed E-state index contributed by atoms with van der Waals surface area (Å²) in [5.74, 6) is -1.37. The van der Waals surface area contributed by atoms with Crippen molar-refractivity contribution >= 4 is 44.8 Å². The normalized spacial score (nSPS) is 11.9. The Kier molecular flexibility index (Phi) is 5.64. The van der Waals surface area contributed by atoms with Crippen LogP contribution in [0.25, 0.3) is 10.2 Å². The van der Waals surface area contributed by atoms with Crippen LogP contribution in [0.2, 0.25) is 0 Å². The molecule has 0 aliphatic heterocycles. The highest BCUT2D eigenvalue weighted by Crippen LogP contribution is 2.26. The number of rotatable bonds is 6. The van der Waals surface area contributed by atoms with Crippen molar-refractivity contribution < 1.29 is 18.7 Å². The number of aromatic nitrogens is 1. The number of nitrogens with zero attached hydrogens (tertiary/aromatic N) is 1. The molecule has 0 aliphatic rings. The van der Waals surface area contributed by atoms with Crippen LogP contribution in [0.1, 0.15) is 26.8 Å². The Hall–Kier alpha value is -3.10. The number of halogens is 1. The summed E-state index contributed by atoms with van der Waals surface area (Å²) < 4.78 is 19.3. The third-order valence-electron chi connectivity index (χ3n) is 4.24. The van der Waals surface area contributed by atoms with Gasteiger partial charge in [0.1, 0.15) is 5.82 Å². The van der Waals surface area contributed by atoms with Gasteiger partial charge in [0.05, 0.1) is 27.3 Å². The topological polar surface area (TPSA) is 68.3 Å². The number of ether oxygens (including phenoxy) is 1. The van der Waals surface area contributed by atoms with E-state index in [4.69, 9.17) is 4.74 Å². The van der Waals surface area contributed by atoms with Crippen molar-refractivity contribution in [3.05, 3.63) is 87.3 Å². The van der Waals surface area contributed by atoms with Crippen molar-refractivity contribution in [1.29, 1.82) is 0 Å². The van der Waals surface area contributed by atoms with E-state index >= 15 is 0 Å². The largest absolute Gasteiger partial charge is 0.452 e. The number of esters is 1. The molecular formula is C21H15FN2O3S2. The first-order valence-electron chi connectivity index (χ1n) is 8.69. The summed E-state index contributed by atoms with van der Waals surface area (Å²) in [7, 11) is 0. The van der Waals surface area contributed by atoms with Crippen molar-refractivity contribution in [2.75, 3.05) is 6.61 Å². The quantitative estimate of drug-likeness (QED) is 0.459. The minimum Gasteiger partial charge on any atom is -0.452 e. The van der Waals surface area contributed by atoms with E-state index in [0.29, 0.717) is 5.56 Å². The first-order chi connectivity index (χ1) is 14.1. The molecule has 0 saturated carbocycles. The van der Waals surface area contributed by atoms with Gasteiger partial charge in [0.2, 0.25) is 0 Å². The molecule has 1 N–H and O–H groups in total. The molecule has 2 aromatic heterocycles. The number of benzene rings is 2. The average molecular weight is 426 g/mol. The van der Waals surface area contributed by atoms with Gasteiger partial charge in [0.15, 0.2) is 6.61 Å². The van der Waals surface area contributed by atoms with Gasteiger partial charge in [-0.3, -0.25) is 4.79 Å². The third kappa shape index (κ3) is 4.49. The van der Waals surface area contributed by atoms with E-state index in [9.17, 15) is 14.0 Å². The van der Waals surface area contributed by atoms with Gasteiger partial charge >= 0.3 is 5.97 Å². The average Bonchev–Trinajstić information content (AvgIpc) is 3.42. The van der Waals surface area contributed by atoms with Crippen LogP contribution in [-0.4, -0.2) is 23.5 Å². The first kappa shape index (κ1) is 19.2. The van der Waals surface area contributed by atoms with Gasteiger partial charge in [-0.05, 0) is 47.3 Å². The lowest BCUT2D eigenvalue weighted by Gasteiger charge is -2.18. The van der Waals surface area contributed by atoms with E-state index in [2.05, 4.69) is 10.3 Å². The fourth-order valence-corrected chi connectivity index (χ4v) is 4.35. The molecule has 4 rings (SSSR count). The highest BCUT2D eigenvalue weighted by Gasteiger charge is 2.19. The predicted molar refractivity (Wildman–Crippen MR) is 111 cm³/mol. The Morgan fingerprint density at radius 1 is 1.10 bits per heavy atom. The first-order valence-corrected chi connectivity index (χ1v) is 10.4. The minimum absolute atomic E-state index is 0.350. The van der Waals surface area contributed by atoms with Crippen molar-refractivity contribution in [2.24, 2.45) is 0 Å². The molecule has 5 nitrogen and oxygen atoms in total. The van der Waals surface area contributed by atoms with Crippen LogP contribution in [-0.2, 0) is 9.53 Å². The van der Waals surface area contributed by atoms with E-state index in [-0.39, 0.29) is 5.82 Å². The van der Waals surface area contributed by atoms with Crippen LogP contribution >= 0.6 is 22.7 Å². The van der Waals surface area contributed by atoms with E-state index in [1.54, 1.807) is 35.8 Å². The molecule has 0 unspecified atom stereocenters. The summed E-state index contributed by atoms with van der Waals surface area (Å²) in [5.41, 5.74) is 3.61. The lowest BCUT2D eigenvalue weighted by Crippen LogP contribution is -2.32. The second-order valence-electron chi connectivity index (χ2n) is 6.18. The summed E-state index contributed by atoms with van der Waals surface area (Å²) in [6.45, 7) is -0.414. The fourth-order valence-electron chi connectivity index (χ4n) is 2.83. The molecule has 8 heteroatoms. The summed E-state index contributed by atoms with van der Waals surface area (Å²) in [5, 5.41) is 4.75. The zero-order chi connectivity index (χ0) is 20.2. The molecule has 29 heavy (non-hydrogen) atoms. The Labute approximate surface area is 173 Å². The maximum absolute atomic E-state index is 13.3. The molecule has 146 valence electrons. The maximum Gasteiger partial charge on any atom is 0.338 e. The molecule has 0 saturated heterocycles. The van der Waals surface area contributed by atoms with E-state index in [1.807, 2.05) is 17.5 Å². The lowest BCUT2D eigenvalue weighted by atomic mass is 10.1. The molecule has 1 amide bonds. The Bertz CT molecular complexity index is 1140. The van der Waals surface area contributed by atoms with Crippen molar-refractivity contribution in [3.63, 3.8) is 0 Å². The van der Waals surface area contributed by atoms with E-state index < -0.39 is 24.5 Å². The second kappa shape index (κ2) is 8.50. The second-order valence-corrected chi connectivity index (χ2v) is 8.04. The molecule has 1 atom stereocenters. The summed E-state index contributed by atoms with van der Waals surface area (Å²) >= 11 is 2.90. The molecule has 2 aromatic carbocycles. The molecule has 0 aliphatic carbocycles. The number of nitrogens with one attached hydrogen (secondary N) is 1. The van der Waals surface area contributed by atoms with Crippen LogP contribution in [0, 0.1) is 5.82 Å². The number of carbonyl (C=O) groups is 2. The van der Waals surface area contributed by atoms with Gasteiger partial charge in [-0.1, -0.05) is 18.2 Å². The number of hydrogen-bond donors (Lipinski definition) is 1. The fraction of sp³-hybridized carbons (Fsp3) is 0.0952. The molecular weight excluding hydrogens is 411 g/mol. The minimum atomic E-state index is -0.579. The number of hydrogen-bond acceptors (Lipinski definition) is 6. The molecule has 0 radical (unpaired) electrons. The van der Waals surface area contributed by atoms with Gasteiger partial charge in [-0.15, -0.1) is 22.7 Å². The van der Waals surface area contributed by atoms with Crippen molar-refractivity contribution in [2.45, 2.75) is 6.04 Å². The van der Waals surface area contributed by atoms with Gasteiger partial charge in [0.25, 0.3) is 5.91 Å². The number of carbonyl (C=O) groups excluding carboxylic acids is 2. The van der Waals surface area contributed by atoms with E-state index in [0.717, 1.165) is 20.7 Å². The Balaban J connectivity index is 1.42. The Morgan fingerprint density at radius 2 is 1.93 bits per heavy atom. The van der Waals surface area contributed by atoms with Crippen LogP contribution in [0.4, 0.5) is 4.39 Å². The van der Waals surface area contributed by atoms with Gasteiger partial charge in [0, 0.05) is 4.88 Å². The standard InChI is InChI=1S/C21H15FN2O3S2/c22-15-6-3-13(4-7-15)20(17-2-1-9-28-17)24-19(25)11-27-21(26)14-5-8-16-18(10-14)29-12-23-16/h1-10,12,20H,11H2,(H,24,25)/t20-/m1/s1. The van der Waals surface area contributed by atoms with Crippen LogP contribution in [0.3, 0.4) is 0 Å². The third-order valence-corrected chi connectivity index (χ3v) is 5.97. The number of thiophene rings is 1. The van der Waals surface area contributed by atoms with Gasteiger partial charge in [-0.2, -0.15) is 0 Å². The summed E-state index contributed by atoms with van der Waals surface area (Å²) in [4.78, 5) is 29.8. The number of amides is 1. The molecule has 4 aromatic rings. The maximum atomic E-state index is 13.3. The SMILES string of the molecule is O=C(COC(=O)c1ccc2ncsc2c1)N[C@H](c1ccc(F)cc1)c1cccs1. The lowest BCUT2D eigenvalue weighted by molar-refractivity contribution is -0.124.